The van der Waals surface area contributed by atoms with E-state index in [1.165, 1.54) is 32.1 Å². The maximum absolute atomic E-state index is 11.9. The van der Waals surface area contributed by atoms with Crippen molar-refractivity contribution in [2.24, 2.45) is 5.73 Å². The van der Waals surface area contributed by atoms with Crippen LogP contribution < -0.4 is 5.73 Å². The molecule has 178 valence electrons. The monoisotopic (exact) mass is 453 g/mol. The number of unbranched alkanes of at least 4 members (excludes halogenated alkanes) is 7. The van der Waals surface area contributed by atoms with Crippen LogP contribution in [0.4, 0.5) is 0 Å². The van der Waals surface area contributed by atoms with E-state index < -0.39 is 32.5 Å². The molecule has 0 aliphatic rings. The third-order valence-corrected chi connectivity index (χ3v) is 5.20. The van der Waals surface area contributed by atoms with Gasteiger partial charge in [-0.15, -0.1) is 0 Å². The molecule has 0 aromatic carbocycles. The number of rotatable bonds is 20. The molecular formula is C20H40NO8P. The Bertz CT molecular complexity index is 503. The van der Waals surface area contributed by atoms with Crippen LogP contribution >= 0.6 is 7.82 Å². The molecule has 9 nitrogen and oxygen atoms in total. The Kier molecular flexibility index (Phi) is 18.1. The smallest absolute Gasteiger partial charge is 0.462 e. The lowest BCUT2D eigenvalue weighted by Gasteiger charge is -2.19. The van der Waals surface area contributed by atoms with Crippen LogP contribution in [0.5, 0.6) is 0 Å². The Morgan fingerprint density at radius 2 is 1.50 bits per heavy atom. The molecule has 2 atom stereocenters. The number of phosphoric acid groups is 1. The van der Waals surface area contributed by atoms with Gasteiger partial charge in [-0.2, -0.15) is 0 Å². The van der Waals surface area contributed by atoms with Crippen molar-refractivity contribution in [2.45, 2.75) is 90.6 Å². The molecule has 0 amide bonds. The fourth-order valence-electron chi connectivity index (χ4n) is 2.61. The minimum atomic E-state index is -4.32. The molecular weight excluding hydrogens is 413 g/mol. The molecule has 1 unspecified atom stereocenters. The molecule has 0 fully saturated rings. The van der Waals surface area contributed by atoms with Crippen LogP contribution in [0, 0.1) is 0 Å². The third kappa shape index (κ3) is 17.8. The summed E-state index contributed by atoms with van der Waals surface area (Å²) in [6.45, 7) is 3.23. The number of carbonyl (C=O) groups excluding carboxylic acids is 2. The Labute approximate surface area is 180 Å². The van der Waals surface area contributed by atoms with Gasteiger partial charge in [0, 0.05) is 19.4 Å². The summed E-state index contributed by atoms with van der Waals surface area (Å²) in [5, 5.41) is 0. The number of esters is 2. The average Bonchev–Trinajstić information content (AvgIpc) is 2.70. The van der Waals surface area contributed by atoms with Gasteiger partial charge in [0.15, 0.2) is 6.10 Å². The number of hydrogen-bond donors (Lipinski definition) is 2. The zero-order valence-electron chi connectivity index (χ0n) is 18.5. The van der Waals surface area contributed by atoms with E-state index in [1.54, 1.807) is 0 Å². The number of carbonyl (C=O) groups is 2. The molecule has 0 saturated carbocycles. The molecule has 0 spiro atoms. The summed E-state index contributed by atoms with van der Waals surface area (Å²) in [5.41, 5.74) is 5.22. The van der Waals surface area contributed by atoms with Gasteiger partial charge in [0.1, 0.15) is 6.61 Å². The largest absolute Gasteiger partial charge is 0.472 e. The molecule has 10 heteroatoms. The maximum Gasteiger partial charge on any atom is 0.472 e. The zero-order chi connectivity index (χ0) is 22.7. The van der Waals surface area contributed by atoms with Gasteiger partial charge >= 0.3 is 19.8 Å². The summed E-state index contributed by atoms with van der Waals surface area (Å²) in [5.74, 6) is -0.898. The normalized spacial score (nSPS) is 14.1. The van der Waals surface area contributed by atoms with E-state index in [9.17, 15) is 19.0 Å². The van der Waals surface area contributed by atoms with E-state index in [1.807, 2.05) is 6.92 Å². The number of phosphoric ester groups is 1. The molecule has 0 aromatic rings. The summed E-state index contributed by atoms with van der Waals surface area (Å²) in [6.07, 6.45) is 9.01. The lowest BCUT2D eigenvalue weighted by molar-refractivity contribution is -0.161. The number of nitrogens with two attached hydrogens (primary N) is 1. The summed E-state index contributed by atoms with van der Waals surface area (Å²) >= 11 is 0. The average molecular weight is 454 g/mol. The highest BCUT2D eigenvalue weighted by Gasteiger charge is 2.25. The SMILES string of the molecule is CCCCCCCCCCC(=O)OC[C@H](COP(=O)(O)OCCN)OC(=O)CCC. The fraction of sp³-hybridized carbons (Fsp3) is 0.900. The van der Waals surface area contributed by atoms with Gasteiger partial charge in [-0.25, -0.2) is 4.57 Å². The third-order valence-electron chi connectivity index (χ3n) is 4.21. The van der Waals surface area contributed by atoms with Crippen LogP contribution in [0.25, 0.3) is 0 Å². The van der Waals surface area contributed by atoms with E-state index in [-0.39, 0.29) is 32.6 Å². The van der Waals surface area contributed by atoms with Crippen LogP contribution in [0.15, 0.2) is 0 Å². The molecule has 0 aliphatic heterocycles. The van der Waals surface area contributed by atoms with Crippen LogP contribution in [0.2, 0.25) is 0 Å². The summed E-state index contributed by atoms with van der Waals surface area (Å²) in [7, 11) is -4.32. The first-order chi connectivity index (χ1) is 14.3. The van der Waals surface area contributed by atoms with Crippen molar-refractivity contribution in [1.82, 2.24) is 0 Å². The van der Waals surface area contributed by atoms with Crippen molar-refractivity contribution in [1.29, 1.82) is 0 Å². The highest BCUT2D eigenvalue weighted by atomic mass is 31.2. The number of hydrogen-bond acceptors (Lipinski definition) is 8. The second-order valence-electron chi connectivity index (χ2n) is 7.16. The molecule has 30 heavy (non-hydrogen) atoms. The van der Waals surface area contributed by atoms with E-state index in [0.717, 1.165) is 19.3 Å². The first-order valence-corrected chi connectivity index (χ1v) is 12.5. The first kappa shape index (κ1) is 29.0. The Balaban J connectivity index is 4.24. The maximum atomic E-state index is 11.9. The van der Waals surface area contributed by atoms with E-state index in [2.05, 4.69) is 11.4 Å². The minimum absolute atomic E-state index is 0.0547. The first-order valence-electron chi connectivity index (χ1n) is 11.0. The molecule has 0 aliphatic carbocycles. The van der Waals surface area contributed by atoms with Crippen LogP contribution in [0.3, 0.4) is 0 Å². The van der Waals surface area contributed by atoms with E-state index in [0.29, 0.717) is 6.42 Å². The van der Waals surface area contributed by atoms with Crippen molar-refractivity contribution in [3.8, 4) is 0 Å². The van der Waals surface area contributed by atoms with Crippen LogP contribution in [0.1, 0.15) is 84.5 Å². The standard InChI is InChI=1S/C20H40NO8P/c1-3-5-6-7-8-9-10-11-13-19(22)26-16-18(29-20(23)12-4-2)17-28-30(24,25)27-15-14-21/h18H,3-17,21H2,1-2H3,(H,24,25)/t18-/m1/s1. The second-order valence-corrected chi connectivity index (χ2v) is 8.61. The predicted octanol–water partition coefficient (Wildman–Crippen LogP) is 3.86. The van der Waals surface area contributed by atoms with Gasteiger partial charge in [-0.05, 0) is 12.8 Å². The van der Waals surface area contributed by atoms with Gasteiger partial charge in [0.05, 0.1) is 13.2 Å². The van der Waals surface area contributed by atoms with Crippen molar-refractivity contribution in [3.63, 3.8) is 0 Å². The zero-order valence-corrected chi connectivity index (χ0v) is 19.4. The van der Waals surface area contributed by atoms with Gasteiger partial charge in [-0.3, -0.25) is 18.6 Å². The Morgan fingerprint density at radius 1 is 0.867 bits per heavy atom. The molecule has 0 rings (SSSR count). The Morgan fingerprint density at radius 3 is 2.10 bits per heavy atom. The van der Waals surface area contributed by atoms with Gasteiger partial charge in [-0.1, -0.05) is 58.8 Å². The van der Waals surface area contributed by atoms with Gasteiger partial charge < -0.3 is 20.1 Å². The quantitative estimate of drug-likeness (QED) is 0.160. The van der Waals surface area contributed by atoms with Gasteiger partial charge in [0.2, 0.25) is 0 Å². The second kappa shape index (κ2) is 18.8. The van der Waals surface area contributed by atoms with Crippen LogP contribution in [-0.2, 0) is 32.7 Å². The highest BCUT2D eigenvalue weighted by Crippen LogP contribution is 2.43. The highest BCUT2D eigenvalue weighted by molar-refractivity contribution is 7.47. The van der Waals surface area contributed by atoms with Crippen molar-refractivity contribution in [2.75, 3.05) is 26.4 Å². The lowest BCUT2D eigenvalue weighted by Crippen LogP contribution is -2.29. The predicted molar refractivity (Wildman–Crippen MR) is 114 cm³/mol. The molecule has 0 saturated heterocycles. The molecule has 3 N–H and O–H groups in total. The van der Waals surface area contributed by atoms with E-state index in [4.69, 9.17) is 19.7 Å². The molecule has 0 bridgehead atoms. The molecule has 0 heterocycles. The Hall–Kier alpha value is -0.990. The van der Waals surface area contributed by atoms with Crippen molar-refractivity contribution in [3.05, 3.63) is 0 Å². The number of ether oxygens (including phenoxy) is 2. The van der Waals surface area contributed by atoms with Crippen molar-refractivity contribution >= 4 is 19.8 Å². The summed E-state index contributed by atoms with van der Waals surface area (Å²) in [4.78, 5) is 33.2. The van der Waals surface area contributed by atoms with E-state index >= 15 is 0 Å². The van der Waals surface area contributed by atoms with Gasteiger partial charge in [0.25, 0.3) is 0 Å². The van der Waals surface area contributed by atoms with Crippen molar-refractivity contribution < 1.29 is 37.6 Å². The summed E-state index contributed by atoms with van der Waals surface area (Å²) < 4.78 is 31.5. The minimum Gasteiger partial charge on any atom is -0.462 e. The topological polar surface area (TPSA) is 134 Å². The molecule has 0 radical (unpaired) electrons. The summed E-state index contributed by atoms with van der Waals surface area (Å²) in [6, 6.07) is 0. The lowest BCUT2D eigenvalue weighted by atomic mass is 10.1. The fourth-order valence-corrected chi connectivity index (χ4v) is 3.37. The van der Waals surface area contributed by atoms with Crippen LogP contribution in [-0.4, -0.2) is 49.3 Å². The molecule has 0 aromatic heterocycles.